The summed E-state index contributed by atoms with van der Waals surface area (Å²) in [5.41, 5.74) is 0. The fraction of sp³-hybridized carbons (Fsp3) is 1.00. The molecule has 2 N–H and O–H groups in total. The summed E-state index contributed by atoms with van der Waals surface area (Å²) >= 11 is 0. The molecule has 0 aromatic rings. The Morgan fingerprint density at radius 3 is 2.30 bits per heavy atom. The first-order valence-electron chi connectivity index (χ1n) is 3.99. The van der Waals surface area contributed by atoms with Crippen LogP contribution in [0.5, 0.6) is 0 Å². The third-order valence-electron chi connectivity index (χ3n) is 1.78. The fourth-order valence-electron chi connectivity index (χ4n) is 0.772. The monoisotopic (exact) mass is 146 g/mol. The molecule has 2 nitrogen and oxygen atoms in total. The minimum Gasteiger partial charge on any atom is -0.396 e. The van der Waals surface area contributed by atoms with E-state index in [1.807, 2.05) is 13.8 Å². The Labute approximate surface area is 62.9 Å². The summed E-state index contributed by atoms with van der Waals surface area (Å²) < 4.78 is 0. The Bertz CT molecular complexity index is 63.7. The molecule has 0 aliphatic rings. The Morgan fingerprint density at radius 2 is 1.90 bits per heavy atom. The largest absolute Gasteiger partial charge is 0.396 e. The highest BCUT2D eigenvalue weighted by atomic mass is 16.3. The Morgan fingerprint density at radius 1 is 1.30 bits per heavy atom. The van der Waals surface area contributed by atoms with Crippen molar-refractivity contribution in [3.8, 4) is 0 Å². The van der Waals surface area contributed by atoms with Crippen LogP contribution in [0.3, 0.4) is 0 Å². The maximum Gasteiger partial charge on any atom is 0.0537 e. The van der Waals surface area contributed by atoms with Gasteiger partial charge in [0.1, 0.15) is 0 Å². The summed E-state index contributed by atoms with van der Waals surface area (Å²) in [5.74, 6) is 0.334. The zero-order chi connectivity index (χ0) is 7.98. The molecule has 0 bridgehead atoms. The van der Waals surface area contributed by atoms with E-state index in [0.29, 0.717) is 5.92 Å². The molecule has 0 aromatic heterocycles. The molecule has 0 radical (unpaired) electrons. The van der Waals surface area contributed by atoms with Crippen LogP contribution in [0.1, 0.15) is 33.1 Å². The molecule has 10 heavy (non-hydrogen) atoms. The molecule has 0 aromatic carbocycles. The average Bonchev–Trinajstić information content (AvgIpc) is 1.99. The lowest BCUT2D eigenvalue weighted by molar-refractivity contribution is 0.141. The van der Waals surface area contributed by atoms with Gasteiger partial charge in [0.15, 0.2) is 0 Å². The number of hydrogen-bond acceptors (Lipinski definition) is 2. The standard InChI is InChI=1S/C8H18O2/c1-3-8(10)5-4-7(2)6-9/h7-10H,3-6H2,1-2H3. The van der Waals surface area contributed by atoms with Crippen LogP contribution in [0, 0.1) is 5.92 Å². The van der Waals surface area contributed by atoms with Crippen molar-refractivity contribution in [2.24, 2.45) is 5.92 Å². The molecule has 0 spiro atoms. The van der Waals surface area contributed by atoms with Crippen LogP contribution < -0.4 is 0 Å². The van der Waals surface area contributed by atoms with E-state index < -0.39 is 0 Å². The predicted octanol–water partition coefficient (Wildman–Crippen LogP) is 1.17. The van der Waals surface area contributed by atoms with Crippen molar-refractivity contribution >= 4 is 0 Å². The second-order valence-corrected chi connectivity index (χ2v) is 2.93. The lowest BCUT2D eigenvalue weighted by atomic mass is 10.0. The summed E-state index contributed by atoms with van der Waals surface area (Å²) in [6.45, 7) is 4.19. The van der Waals surface area contributed by atoms with Gasteiger partial charge in [-0.3, -0.25) is 0 Å². The Balaban J connectivity index is 3.17. The molecule has 62 valence electrons. The Kier molecular flexibility index (Phi) is 5.64. The van der Waals surface area contributed by atoms with Gasteiger partial charge in [-0.15, -0.1) is 0 Å². The van der Waals surface area contributed by atoms with E-state index in [-0.39, 0.29) is 12.7 Å². The van der Waals surface area contributed by atoms with Crippen LogP contribution in [0.2, 0.25) is 0 Å². The number of hydrogen-bond donors (Lipinski definition) is 2. The number of aliphatic hydroxyl groups excluding tert-OH is 2. The lowest BCUT2D eigenvalue weighted by Gasteiger charge is -2.10. The van der Waals surface area contributed by atoms with Crippen molar-refractivity contribution in [2.45, 2.75) is 39.2 Å². The summed E-state index contributed by atoms with van der Waals surface area (Å²) in [6.07, 6.45) is 2.39. The highest BCUT2D eigenvalue weighted by Gasteiger charge is 2.04. The van der Waals surface area contributed by atoms with Crippen LogP contribution in [-0.4, -0.2) is 22.9 Å². The minimum absolute atomic E-state index is 0.172. The molecular formula is C8H18O2. The van der Waals surface area contributed by atoms with E-state index in [9.17, 15) is 0 Å². The second kappa shape index (κ2) is 5.69. The number of aliphatic hydroxyl groups is 2. The van der Waals surface area contributed by atoms with Crippen molar-refractivity contribution in [3.05, 3.63) is 0 Å². The van der Waals surface area contributed by atoms with Crippen molar-refractivity contribution in [1.82, 2.24) is 0 Å². The van der Waals surface area contributed by atoms with Gasteiger partial charge in [0.25, 0.3) is 0 Å². The molecular weight excluding hydrogens is 128 g/mol. The number of rotatable bonds is 5. The Hall–Kier alpha value is -0.0800. The fourth-order valence-corrected chi connectivity index (χ4v) is 0.772. The van der Waals surface area contributed by atoms with Crippen molar-refractivity contribution in [2.75, 3.05) is 6.61 Å². The highest BCUT2D eigenvalue weighted by Crippen LogP contribution is 2.08. The van der Waals surface area contributed by atoms with Gasteiger partial charge in [-0.25, -0.2) is 0 Å². The second-order valence-electron chi connectivity index (χ2n) is 2.93. The molecule has 2 atom stereocenters. The van der Waals surface area contributed by atoms with Gasteiger partial charge in [-0.2, -0.15) is 0 Å². The topological polar surface area (TPSA) is 40.5 Å². The third kappa shape index (κ3) is 4.77. The van der Waals surface area contributed by atoms with Crippen LogP contribution in [0.25, 0.3) is 0 Å². The van der Waals surface area contributed by atoms with E-state index in [4.69, 9.17) is 10.2 Å². The molecule has 0 aliphatic carbocycles. The third-order valence-corrected chi connectivity index (χ3v) is 1.78. The molecule has 2 heteroatoms. The van der Waals surface area contributed by atoms with Gasteiger partial charge in [-0.1, -0.05) is 13.8 Å². The molecule has 0 aliphatic heterocycles. The van der Waals surface area contributed by atoms with E-state index in [1.165, 1.54) is 0 Å². The van der Waals surface area contributed by atoms with Crippen molar-refractivity contribution in [3.63, 3.8) is 0 Å². The normalized spacial score (nSPS) is 16.8. The molecule has 2 unspecified atom stereocenters. The van der Waals surface area contributed by atoms with Crippen LogP contribution in [-0.2, 0) is 0 Å². The van der Waals surface area contributed by atoms with Gasteiger partial charge < -0.3 is 10.2 Å². The summed E-state index contributed by atoms with van der Waals surface area (Å²) in [4.78, 5) is 0. The summed E-state index contributed by atoms with van der Waals surface area (Å²) in [7, 11) is 0. The van der Waals surface area contributed by atoms with Gasteiger partial charge in [-0.05, 0) is 25.2 Å². The maximum absolute atomic E-state index is 9.12. The molecule has 0 fully saturated rings. The van der Waals surface area contributed by atoms with Crippen LogP contribution >= 0.6 is 0 Å². The predicted molar refractivity (Wildman–Crippen MR) is 41.8 cm³/mol. The zero-order valence-electron chi connectivity index (χ0n) is 6.88. The quantitative estimate of drug-likeness (QED) is 0.611. The smallest absolute Gasteiger partial charge is 0.0537 e. The molecule has 0 heterocycles. The molecule has 0 amide bonds. The first kappa shape index (κ1) is 9.92. The molecule has 0 saturated carbocycles. The highest BCUT2D eigenvalue weighted by molar-refractivity contribution is 4.56. The first-order chi connectivity index (χ1) is 4.70. The van der Waals surface area contributed by atoms with E-state index in [2.05, 4.69) is 0 Å². The minimum atomic E-state index is -0.172. The van der Waals surface area contributed by atoms with E-state index >= 15 is 0 Å². The van der Waals surface area contributed by atoms with Gasteiger partial charge in [0.2, 0.25) is 0 Å². The van der Waals surface area contributed by atoms with Crippen LogP contribution in [0.15, 0.2) is 0 Å². The van der Waals surface area contributed by atoms with E-state index in [0.717, 1.165) is 19.3 Å². The average molecular weight is 146 g/mol. The zero-order valence-corrected chi connectivity index (χ0v) is 6.88. The molecule has 0 rings (SSSR count). The van der Waals surface area contributed by atoms with Gasteiger partial charge >= 0.3 is 0 Å². The van der Waals surface area contributed by atoms with Crippen molar-refractivity contribution in [1.29, 1.82) is 0 Å². The van der Waals surface area contributed by atoms with Gasteiger partial charge in [0, 0.05) is 6.61 Å². The van der Waals surface area contributed by atoms with Gasteiger partial charge in [0.05, 0.1) is 6.10 Å². The maximum atomic E-state index is 9.12. The summed E-state index contributed by atoms with van der Waals surface area (Å²) in [6, 6.07) is 0. The first-order valence-corrected chi connectivity index (χ1v) is 3.99. The van der Waals surface area contributed by atoms with Crippen LogP contribution in [0.4, 0.5) is 0 Å². The van der Waals surface area contributed by atoms with E-state index in [1.54, 1.807) is 0 Å². The summed E-state index contributed by atoms with van der Waals surface area (Å²) in [5, 5.41) is 17.8. The lowest BCUT2D eigenvalue weighted by Crippen LogP contribution is -2.08. The molecule has 0 saturated heterocycles. The SMILES string of the molecule is CCC(O)CCC(C)CO. The van der Waals surface area contributed by atoms with Crippen molar-refractivity contribution < 1.29 is 10.2 Å².